The van der Waals surface area contributed by atoms with Crippen LogP contribution in [0, 0.1) is 0 Å². The molecule has 0 radical (unpaired) electrons. The fourth-order valence-electron chi connectivity index (χ4n) is 3.56. The van der Waals surface area contributed by atoms with Gasteiger partial charge in [0.05, 0.1) is 15.7 Å². The summed E-state index contributed by atoms with van der Waals surface area (Å²) in [6.45, 7) is 4.52. The summed E-state index contributed by atoms with van der Waals surface area (Å²) in [6, 6.07) is 14.1. The lowest BCUT2D eigenvalue weighted by molar-refractivity contribution is 0.205. The molecule has 1 unspecified atom stereocenters. The van der Waals surface area contributed by atoms with Crippen LogP contribution in [0.15, 0.2) is 46.8 Å². The predicted molar refractivity (Wildman–Crippen MR) is 105 cm³/mol. The fourth-order valence-corrected chi connectivity index (χ4v) is 4.69. The Balaban J connectivity index is 1.60. The lowest BCUT2D eigenvalue weighted by Crippen LogP contribution is -2.26. The highest BCUT2D eigenvalue weighted by atomic mass is 32.2. The molecule has 2 heterocycles. The molecule has 24 heavy (non-hydrogen) atoms. The van der Waals surface area contributed by atoms with Crippen molar-refractivity contribution in [3.05, 3.63) is 58.6 Å². The minimum Gasteiger partial charge on any atom is -0.292 e. The van der Waals surface area contributed by atoms with Gasteiger partial charge in [-0.3, -0.25) is 4.90 Å². The van der Waals surface area contributed by atoms with Gasteiger partial charge in [0.15, 0.2) is 0 Å². The number of benzene rings is 2. The van der Waals surface area contributed by atoms with Gasteiger partial charge < -0.3 is 0 Å². The maximum atomic E-state index is 4.48. The molecule has 0 saturated carbocycles. The summed E-state index contributed by atoms with van der Waals surface area (Å²) in [5, 5.41) is 0. The normalized spacial score (nSPS) is 16.8. The average molecular weight is 355 g/mol. The van der Waals surface area contributed by atoms with Crippen LogP contribution in [0.3, 0.4) is 0 Å². The molecule has 0 saturated heterocycles. The molecular weight excluding hydrogens is 332 g/mol. The zero-order valence-corrected chi connectivity index (χ0v) is 15.8. The number of hydrogen-bond acceptors (Lipinski definition) is 4. The summed E-state index contributed by atoms with van der Waals surface area (Å²) in [6.07, 6.45) is 4.58. The van der Waals surface area contributed by atoms with E-state index >= 15 is 0 Å². The maximum Gasteiger partial charge on any atom is 0.0815 e. The van der Waals surface area contributed by atoms with Gasteiger partial charge >= 0.3 is 0 Å². The Labute approximate surface area is 151 Å². The highest BCUT2D eigenvalue weighted by molar-refractivity contribution is 7.98. The third-order valence-corrected chi connectivity index (χ3v) is 6.60. The van der Waals surface area contributed by atoms with Crippen molar-refractivity contribution in [2.75, 3.05) is 12.8 Å². The molecule has 124 valence electrons. The van der Waals surface area contributed by atoms with Crippen LogP contribution in [0.2, 0.25) is 0 Å². The van der Waals surface area contributed by atoms with Crippen molar-refractivity contribution in [1.82, 2.24) is 9.88 Å². The molecule has 0 bridgehead atoms. The van der Waals surface area contributed by atoms with Crippen molar-refractivity contribution in [3.8, 4) is 0 Å². The molecule has 1 aliphatic rings. The van der Waals surface area contributed by atoms with E-state index in [1.807, 2.05) is 17.3 Å². The molecule has 2 aromatic carbocycles. The largest absolute Gasteiger partial charge is 0.292 e. The lowest BCUT2D eigenvalue weighted by atomic mass is 10.0. The summed E-state index contributed by atoms with van der Waals surface area (Å²) >= 11 is 3.55. The Bertz CT molecular complexity index is 856. The average Bonchev–Trinajstić information content (AvgIpc) is 2.98. The fraction of sp³-hybridized carbons (Fsp3) is 0.350. The summed E-state index contributed by atoms with van der Waals surface area (Å²) in [5.74, 6) is 0. The van der Waals surface area contributed by atoms with E-state index < -0.39 is 0 Å². The first kappa shape index (κ1) is 16.1. The van der Waals surface area contributed by atoms with E-state index in [4.69, 9.17) is 0 Å². The number of thioether (sulfide) groups is 1. The number of hydrogen-bond donors (Lipinski definition) is 0. The molecule has 0 spiro atoms. The van der Waals surface area contributed by atoms with Gasteiger partial charge in [-0.25, -0.2) is 4.98 Å². The molecular formula is C20H22N2S2. The second-order valence-corrected chi connectivity index (χ2v) is 8.23. The minimum absolute atomic E-state index is 0.419. The second kappa shape index (κ2) is 6.87. The van der Waals surface area contributed by atoms with E-state index in [2.05, 4.69) is 59.5 Å². The quantitative estimate of drug-likeness (QED) is 0.576. The van der Waals surface area contributed by atoms with Crippen LogP contribution >= 0.6 is 23.1 Å². The summed E-state index contributed by atoms with van der Waals surface area (Å²) in [5.41, 5.74) is 7.46. The van der Waals surface area contributed by atoms with Crippen molar-refractivity contribution >= 4 is 33.3 Å². The first-order valence-corrected chi connectivity index (χ1v) is 10.6. The summed E-state index contributed by atoms with van der Waals surface area (Å²) < 4.78 is 1.27. The molecule has 1 aliphatic heterocycles. The Morgan fingerprint density at radius 2 is 2.08 bits per heavy atom. The van der Waals surface area contributed by atoms with E-state index in [0.717, 1.165) is 18.6 Å². The summed E-state index contributed by atoms with van der Waals surface area (Å²) in [7, 11) is 0. The first-order valence-electron chi connectivity index (χ1n) is 8.47. The van der Waals surface area contributed by atoms with Crippen LogP contribution in [0.25, 0.3) is 10.2 Å². The Hall–Kier alpha value is -1.36. The zero-order chi connectivity index (χ0) is 16.5. The number of thiazole rings is 1. The van der Waals surface area contributed by atoms with Crippen LogP contribution < -0.4 is 0 Å². The SMILES string of the molecule is CSc1ccc2c(c1)CCCN(C(C)c1ccc3scnc3c1)C2. The zero-order valence-electron chi connectivity index (χ0n) is 14.2. The van der Waals surface area contributed by atoms with Crippen LogP contribution in [-0.2, 0) is 13.0 Å². The van der Waals surface area contributed by atoms with Crippen LogP contribution in [-0.4, -0.2) is 22.7 Å². The van der Waals surface area contributed by atoms with Crippen molar-refractivity contribution in [2.24, 2.45) is 0 Å². The molecule has 0 aliphatic carbocycles. The van der Waals surface area contributed by atoms with Gasteiger partial charge in [0, 0.05) is 17.5 Å². The standard InChI is InChI=1S/C20H22N2S2/c1-14(15-6-8-20-19(11-15)21-13-24-20)22-9-3-4-16-10-18(23-2)7-5-17(16)12-22/h5-8,10-11,13-14H,3-4,9,12H2,1-2H3. The minimum atomic E-state index is 0.419. The molecule has 0 N–H and O–H groups in total. The molecule has 0 fully saturated rings. The van der Waals surface area contributed by atoms with Crippen LogP contribution in [0.1, 0.15) is 36.1 Å². The number of aryl methyl sites for hydroxylation is 1. The van der Waals surface area contributed by atoms with Gasteiger partial charge in [-0.2, -0.15) is 0 Å². The van der Waals surface area contributed by atoms with Gasteiger partial charge in [0.25, 0.3) is 0 Å². The predicted octanol–water partition coefficient (Wildman–Crippen LogP) is 5.53. The molecule has 0 amide bonds. The second-order valence-electron chi connectivity index (χ2n) is 6.46. The van der Waals surface area contributed by atoms with Gasteiger partial charge in [-0.05, 0) is 73.5 Å². The van der Waals surface area contributed by atoms with E-state index in [0.29, 0.717) is 6.04 Å². The molecule has 2 nitrogen and oxygen atoms in total. The molecule has 1 aromatic heterocycles. The topological polar surface area (TPSA) is 16.1 Å². The Morgan fingerprint density at radius 3 is 2.96 bits per heavy atom. The van der Waals surface area contributed by atoms with Crippen molar-refractivity contribution < 1.29 is 0 Å². The monoisotopic (exact) mass is 354 g/mol. The lowest BCUT2D eigenvalue weighted by Gasteiger charge is -2.28. The van der Waals surface area contributed by atoms with E-state index in [9.17, 15) is 0 Å². The van der Waals surface area contributed by atoms with Crippen molar-refractivity contribution in [1.29, 1.82) is 0 Å². The molecule has 3 aromatic rings. The Morgan fingerprint density at radius 1 is 1.17 bits per heavy atom. The third kappa shape index (κ3) is 3.10. The number of aromatic nitrogens is 1. The van der Waals surface area contributed by atoms with Gasteiger partial charge in [-0.15, -0.1) is 23.1 Å². The van der Waals surface area contributed by atoms with E-state index in [1.165, 1.54) is 39.1 Å². The number of fused-ring (bicyclic) bond motifs is 2. The van der Waals surface area contributed by atoms with E-state index in [1.54, 1.807) is 11.3 Å². The van der Waals surface area contributed by atoms with Crippen molar-refractivity contribution in [2.45, 2.75) is 37.2 Å². The number of nitrogens with zero attached hydrogens (tertiary/aromatic N) is 2. The number of rotatable bonds is 3. The highest BCUT2D eigenvalue weighted by Gasteiger charge is 2.20. The molecule has 1 atom stereocenters. The van der Waals surface area contributed by atoms with Crippen LogP contribution in [0.5, 0.6) is 0 Å². The first-order chi connectivity index (χ1) is 11.7. The third-order valence-electron chi connectivity index (χ3n) is 5.06. The van der Waals surface area contributed by atoms with Gasteiger partial charge in [0.1, 0.15) is 0 Å². The van der Waals surface area contributed by atoms with Gasteiger partial charge in [0.2, 0.25) is 0 Å². The molecule has 4 rings (SSSR count). The van der Waals surface area contributed by atoms with Crippen LogP contribution in [0.4, 0.5) is 0 Å². The summed E-state index contributed by atoms with van der Waals surface area (Å²) in [4.78, 5) is 8.47. The van der Waals surface area contributed by atoms with E-state index in [-0.39, 0.29) is 0 Å². The Kier molecular flexibility index (Phi) is 4.61. The molecule has 4 heteroatoms. The van der Waals surface area contributed by atoms with Crippen molar-refractivity contribution in [3.63, 3.8) is 0 Å². The smallest absolute Gasteiger partial charge is 0.0815 e. The maximum absolute atomic E-state index is 4.48. The highest BCUT2D eigenvalue weighted by Crippen LogP contribution is 2.30. The van der Waals surface area contributed by atoms with Gasteiger partial charge in [-0.1, -0.05) is 12.1 Å².